The van der Waals surface area contributed by atoms with Crippen molar-refractivity contribution in [2.24, 2.45) is 0 Å². The van der Waals surface area contributed by atoms with Gasteiger partial charge in [0.05, 0.1) is 0 Å². The van der Waals surface area contributed by atoms with Crippen LogP contribution in [0, 0.1) is 13.8 Å². The van der Waals surface area contributed by atoms with E-state index in [-0.39, 0.29) is 0 Å². The van der Waals surface area contributed by atoms with E-state index in [9.17, 15) is 0 Å². The van der Waals surface area contributed by atoms with E-state index < -0.39 is 0 Å². The van der Waals surface area contributed by atoms with Crippen molar-refractivity contribution >= 4 is 23.5 Å². The van der Waals surface area contributed by atoms with Gasteiger partial charge in [-0.05, 0) is 43.5 Å². The molecule has 0 aliphatic carbocycles. The maximum absolute atomic E-state index is 3.79. The number of thioether (sulfide) groups is 2. The van der Waals surface area contributed by atoms with E-state index in [0.717, 1.165) is 6.54 Å². The summed E-state index contributed by atoms with van der Waals surface area (Å²) in [6.45, 7) is 7.85. The standard InChI is InChI=1S/C16H25NS2/c1-4-8-17-16(15-11-18-9-10-19-15)14-7-5-6-12(2)13(14)3/h5-7,15-17H,4,8-11H2,1-3H3. The van der Waals surface area contributed by atoms with E-state index in [4.69, 9.17) is 0 Å². The lowest BCUT2D eigenvalue weighted by Crippen LogP contribution is -2.34. The minimum Gasteiger partial charge on any atom is -0.309 e. The lowest BCUT2D eigenvalue weighted by molar-refractivity contribution is 0.528. The van der Waals surface area contributed by atoms with Crippen molar-refractivity contribution in [1.29, 1.82) is 0 Å². The average Bonchev–Trinajstić information content (AvgIpc) is 2.45. The minimum absolute atomic E-state index is 0.512. The van der Waals surface area contributed by atoms with Gasteiger partial charge in [-0.1, -0.05) is 25.1 Å². The summed E-state index contributed by atoms with van der Waals surface area (Å²) < 4.78 is 0. The van der Waals surface area contributed by atoms with Crippen molar-refractivity contribution in [1.82, 2.24) is 5.32 Å². The number of rotatable bonds is 5. The number of benzene rings is 1. The molecule has 19 heavy (non-hydrogen) atoms. The molecule has 0 amide bonds. The number of hydrogen-bond acceptors (Lipinski definition) is 3. The van der Waals surface area contributed by atoms with E-state index in [1.165, 1.54) is 40.4 Å². The summed E-state index contributed by atoms with van der Waals surface area (Å²) in [4.78, 5) is 0. The van der Waals surface area contributed by atoms with Gasteiger partial charge in [0.15, 0.2) is 0 Å². The molecule has 0 saturated carbocycles. The molecule has 1 aliphatic rings. The zero-order valence-corrected chi connectivity index (χ0v) is 13.9. The second kappa shape index (κ2) is 7.61. The molecule has 1 N–H and O–H groups in total. The normalized spacial score (nSPS) is 21.3. The second-order valence-electron chi connectivity index (χ2n) is 5.21. The molecule has 2 rings (SSSR count). The Balaban J connectivity index is 2.22. The molecule has 1 aliphatic heterocycles. The molecule has 0 bridgehead atoms. The fourth-order valence-corrected chi connectivity index (χ4v) is 5.41. The van der Waals surface area contributed by atoms with Gasteiger partial charge in [0.25, 0.3) is 0 Å². The van der Waals surface area contributed by atoms with Crippen LogP contribution in [0.25, 0.3) is 0 Å². The highest BCUT2D eigenvalue weighted by Gasteiger charge is 2.26. The molecule has 1 aromatic rings. The highest BCUT2D eigenvalue weighted by atomic mass is 32.2. The van der Waals surface area contributed by atoms with Gasteiger partial charge in [-0.3, -0.25) is 0 Å². The van der Waals surface area contributed by atoms with Gasteiger partial charge >= 0.3 is 0 Å². The Labute approximate surface area is 126 Å². The van der Waals surface area contributed by atoms with Gasteiger partial charge in [-0.25, -0.2) is 0 Å². The fourth-order valence-electron chi connectivity index (χ4n) is 2.55. The largest absolute Gasteiger partial charge is 0.309 e. The lowest BCUT2D eigenvalue weighted by Gasteiger charge is -2.32. The van der Waals surface area contributed by atoms with Crippen LogP contribution < -0.4 is 5.32 Å². The first-order valence-electron chi connectivity index (χ1n) is 7.23. The molecular formula is C16H25NS2. The highest BCUT2D eigenvalue weighted by Crippen LogP contribution is 2.35. The predicted molar refractivity (Wildman–Crippen MR) is 90.5 cm³/mol. The number of aryl methyl sites for hydroxylation is 1. The van der Waals surface area contributed by atoms with Crippen molar-refractivity contribution in [2.45, 2.75) is 38.5 Å². The van der Waals surface area contributed by atoms with Crippen LogP contribution in [0.1, 0.15) is 36.1 Å². The van der Waals surface area contributed by atoms with E-state index in [0.29, 0.717) is 11.3 Å². The van der Waals surface area contributed by atoms with Crippen LogP contribution in [0.15, 0.2) is 18.2 Å². The Kier molecular flexibility index (Phi) is 6.11. The summed E-state index contributed by atoms with van der Waals surface area (Å²) in [5.74, 6) is 3.89. The van der Waals surface area contributed by atoms with Gasteiger partial charge in [-0.15, -0.1) is 0 Å². The van der Waals surface area contributed by atoms with E-state index in [1.54, 1.807) is 0 Å². The Morgan fingerprint density at radius 2 is 2.16 bits per heavy atom. The van der Waals surface area contributed by atoms with Crippen LogP contribution in [-0.4, -0.2) is 29.1 Å². The molecule has 1 heterocycles. The van der Waals surface area contributed by atoms with Crippen LogP contribution >= 0.6 is 23.5 Å². The molecule has 1 aromatic carbocycles. The van der Waals surface area contributed by atoms with Gasteiger partial charge in [0.1, 0.15) is 0 Å². The lowest BCUT2D eigenvalue weighted by atomic mass is 9.95. The summed E-state index contributed by atoms with van der Waals surface area (Å²) >= 11 is 4.26. The van der Waals surface area contributed by atoms with E-state index in [2.05, 4.69) is 67.8 Å². The van der Waals surface area contributed by atoms with Gasteiger partial charge in [0.2, 0.25) is 0 Å². The molecule has 0 aromatic heterocycles. The van der Waals surface area contributed by atoms with E-state index >= 15 is 0 Å². The zero-order chi connectivity index (χ0) is 13.7. The molecular weight excluding hydrogens is 270 g/mol. The quantitative estimate of drug-likeness (QED) is 0.874. The summed E-state index contributed by atoms with van der Waals surface area (Å²) in [5, 5.41) is 4.50. The van der Waals surface area contributed by atoms with Crippen LogP contribution in [0.4, 0.5) is 0 Å². The first-order chi connectivity index (χ1) is 9.24. The third-order valence-electron chi connectivity index (χ3n) is 3.81. The Morgan fingerprint density at radius 3 is 2.84 bits per heavy atom. The van der Waals surface area contributed by atoms with Crippen LogP contribution in [-0.2, 0) is 0 Å². The highest BCUT2D eigenvalue weighted by molar-refractivity contribution is 8.06. The van der Waals surface area contributed by atoms with Crippen molar-refractivity contribution in [3.63, 3.8) is 0 Å². The number of nitrogens with one attached hydrogen (secondary N) is 1. The Morgan fingerprint density at radius 1 is 1.32 bits per heavy atom. The van der Waals surface area contributed by atoms with Gasteiger partial charge in [0, 0.05) is 28.6 Å². The Bertz CT molecular complexity index is 400. The molecule has 1 saturated heterocycles. The molecule has 2 unspecified atom stereocenters. The van der Waals surface area contributed by atoms with Crippen molar-refractivity contribution in [3.05, 3.63) is 34.9 Å². The smallest absolute Gasteiger partial charge is 0.0451 e. The number of hydrogen-bond donors (Lipinski definition) is 1. The van der Waals surface area contributed by atoms with Gasteiger partial charge < -0.3 is 5.32 Å². The maximum Gasteiger partial charge on any atom is 0.0451 e. The SMILES string of the molecule is CCCNC(c1cccc(C)c1C)C1CSCCS1. The maximum atomic E-state index is 3.79. The molecule has 1 fully saturated rings. The minimum atomic E-state index is 0.512. The molecule has 0 radical (unpaired) electrons. The average molecular weight is 296 g/mol. The monoisotopic (exact) mass is 295 g/mol. The first kappa shape index (κ1) is 15.3. The molecule has 106 valence electrons. The fraction of sp³-hybridized carbons (Fsp3) is 0.625. The molecule has 1 nitrogen and oxygen atoms in total. The third-order valence-corrected chi connectivity index (χ3v) is 6.67. The van der Waals surface area contributed by atoms with E-state index in [1.807, 2.05) is 0 Å². The van der Waals surface area contributed by atoms with Crippen molar-refractivity contribution < 1.29 is 0 Å². The summed E-state index contributed by atoms with van der Waals surface area (Å²) in [5.41, 5.74) is 4.38. The first-order valence-corrected chi connectivity index (χ1v) is 9.43. The molecule has 2 atom stereocenters. The Hall–Kier alpha value is -0.120. The van der Waals surface area contributed by atoms with Crippen molar-refractivity contribution in [2.75, 3.05) is 23.8 Å². The van der Waals surface area contributed by atoms with Crippen LogP contribution in [0.3, 0.4) is 0 Å². The third kappa shape index (κ3) is 3.93. The van der Waals surface area contributed by atoms with Crippen molar-refractivity contribution in [3.8, 4) is 0 Å². The van der Waals surface area contributed by atoms with Gasteiger partial charge in [-0.2, -0.15) is 23.5 Å². The topological polar surface area (TPSA) is 12.0 Å². The summed E-state index contributed by atoms with van der Waals surface area (Å²) in [6.07, 6.45) is 1.20. The summed E-state index contributed by atoms with van der Waals surface area (Å²) in [7, 11) is 0. The summed E-state index contributed by atoms with van der Waals surface area (Å²) in [6, 6.07) is 7.25. The van der Waals surface area contributed by atoms with Crippen LogP contribution in [0.5, 0.6) is 0 Å². The molecule has 3 heteroatoms. The molecule has 0 spiro atoms. The predicted octanol–water partition coefficient (Wildman–Crippen LogP) is 4.19. The zero-order valence-electron chi connectivity index (χ0n) is 12.2. The van der Waals surface area contributed by atoms with Crippen LogP contribution in [0.2, 0.25) is 0 Å². The second-order valence-corrected chi connectivity index (χ2v) is 7.70.